The number of hydrogen-bond acceptors (Lipinski definition) is 2. The summed E-state index contributed by atoms with van der Waals surface area (Å²) in [6, 6.07) is 6.03. The topological polar surface area (TPSA) is 35.2 Å². The molecule has 13 heavy (non-hydrogen) atoms. The summed E-state index contributed by atoms with van der Waals surface area (Å²) in [6.45, 7) is 2.61. The number of fused-ring (bicyclic) bond motifs is 1. The summed E-state index contributed by atoms with van der Waals surface area (Å²) >= 11 is 3.43. The molecule has 0 spiro atoms. The van der Waals surface area contributed by atoms with Crippen molar-refractivity contribution in [2.24, 2.45) is 5.73 Å². The SMILES string of the molecule is CC1(N)COc2ccc(Br)cc2C1. The lowest BCUT2D eigenvalue weighted by atomic mass is 9.92. The summed E-state index contributed by atoms with van der Waals surface area (Å²) in [5, 5.41) is 0. The van der Waals surface area contributed by atoms with Crippen LogP contribution in [0.3, 0.4) is 0 Å². The molecule has 2 rings (SSSR count). The Labute approximate surface area is 86.2 Å². The zero-order chi connectivity index (χ0) is 9.47. The molecule has 3 heteroatoms. The molecule has 1 heterocycles. The fraction of sp³-hybridized carbons (Fsp3) is 0.400. The zero-order valence-electron chi connectivity index (χ0n) is 7.51. The molecule has 0 aromatic heterocycles. The predicted octanol–water partition coefficient (Wildman–Crippen LogP) is 2.10. The van der Waals surface area contributed by atoms with Crippen molar-refractivity contribution in [1.82, 2.24) is 0 Å². The summed E-state index contributed by atoms with van der Waals surface area (Å²) in [7, 11) is 0. The van der Waals surface area contributed by atoms with Crippen molar-refractivity contribution >= 4 is 15.9 Å². The van der Waals surface area contributed by atoms with Gasteiger partial charge >= 0.3 is 0 Å². The van der Waals surface area contributed by atoms with Crippen LogP contribution in [0.5, 0.6) is 5.75 Å². The molecule has 0 saturated heterocycles. The molecule has 1 aromatic rings. The van der Waals surface area contributed by atoms with Crippen molar-refractivity contribution in [3.8, 4) is 5.75 Å². The molecule has 1 unspecified atom stereocenters. The van der Waals surface area contributed by atoms with Crippen LogP contribution < -0.4 is 10.5 Å². The van der Waals surface area contributed by atoms with E-state index in [0.29, 0.717) is 6.61 Å². The quantitative estimate of drug-likeness (QED) is 0.756. The minimum Gasteiger partial charge on any atom is -0.491 e. The average molecular weight is 242 g/mol. The van der Waals surface area contributed by atoms with Crippen LogP contribution in [0.4, 0.5) is 0 Å². The fourth-order valence-corrected chi connectivity index (χ4v) is 1.96. The summed E-state index contributed by atoms with van der Waals surface area (Å²) in [6.07, 6.45) is 0.877. The Morgan fingerprint density at radius 3 is 3.08 bits per heavy atom. The van der Waals surface area contributed by atoms with Crippen molar-refractivity contribution < 1.29 is 4.74 Å². The lowest BCUT2D eigenvalue weighted by Crippen LogP contribution is -2.47. The molecule has 0 saturated carbocycles. The number of benzene rings is 1. The number of halogens is 1. The fourth-order valence-electron chi connectivity index (χ4n) is 1.56. The maximum absolute atomic E-state index is 6.00. The van der Waals surface area contributed by atoms with E-state index in [2.05, 4.69) is 22.0 Å². The van der Waals surface area contributed by atoms with E-state index < -0.39 is 0 Å². The van der Waals surface area contributed by atoms with Gasteiger partial charge in [-0.25, -0.2) is 0 Å². The van der Waals surface area contributed by atoms with Crippen LogP contribution in [-0.2, 0) is 6.42 Å². The highest BCUT2D eigenvalue weighted by Gasteiger charge is 2.26. The highest BCUT2D eigenvalue weighted by atomic mass is 79.9. The largest absolute Gasteiger partial charge is 0.491 e. The van der Waals surface area contributed by atoms with Crippen molar-refractivity contribution in [2.75, 3.05) is 6.61 Å². The smallest absolute Gasteiger partial charge is 0.122 e. The number of nitrogens with two attached hydrogens (primary N) is 1. The molecule has 0 aliphatic carbocycles. The third-order valence-corrected chi connectivity index (χ3v) is 2.67. The van der Waals surface area contributed by atoms with E-state index in [1.54, 1.807) is 0 Å². The molecule has 1 aromatic carbocycles. The highest BCUT2D eigenvalue weighted by Crippen LogP contribution is 2.30. The van der Waals surface area contributed by atoms with Crippen molar-refractivity contribution in [3.63, 3.8) is 0 Å². The normalized spacial score (nSPS) is 26.4. The van der Waals surface area contributed by atoms with Crippen LogP contribution in [-0.4, -0.2) is 12.1 Å². The Hall–Kier alpha value is -0.540. The van der Waals surface area contributed by atoms with E-state index in [1.165, 1.54) is 5.56 Å². The Morgan fingerprint density at radius 1 is 1.54 bits per heavy atom. The third-order valence-electron chi connectivity index (χ3n) is 2.17. The van der Waals surface area contributed by atoms with E-state index >= 15 is 0 Å². The third kappa shape index (κ3) is 1.86. The molecule has 1 aliphatic rings. The van der Waals surface area contributed by atoms with Crippen molar-refractivity contribution in [3.05, 3.63) is 28.2 Å². The van der Waals surface area contributed by atoms with Crippen LogP contribution in [0.2, 0.25) is 0 Å². The Morgan fingerprint density at radius 2 is 2.31 bits per heavy atom. The van der Waals surface area contributed by atoms with Crippen molar-refractivity contribution in [2.45, 2.75) is 18.9 Å². The second-order valence-electron chi connectivity index (χ2n) is 3.87. The summed E-state index contributed by atoms with van der Waals surface area (Å²) in [5.74, 6) is 0.964. The van der Waals surface area contributed by atoms with E-state index in [4.69, 9.17) is 10.5 Å². The van der Waals surface area contributed by atoms with E-state index in [0.717, 1.165) is 16.6 Å². The summed E-state index contributed by atoms with van der Waals surface area (Å²) in [5.41, 5.74) is 6.96. The van der Waals surface area contributed by atoms with Gasteiger partial charge in [0.1, 0.15) is 12.4 Å². The van der Waals surface area contributed by atoms with Crippen LogP contribution >= 0.6 is 15.9 Å². The Bertz CT molecular complexity index is 336. The lowest BCUT2D eigenvalue weighted by molar-refractivity contribution is 0.204. The maximum Gasteiger partial charge on any atom is 0.122 e. The molecule has 0 bridgehead atoms. The van der Waals surface area contributed by atoms with Gasteiger partial charge in [0.25, 0.3) is 0 Å². The summed E-state index contributed by atoms with van der Waals surface area (Å²) < 4.78 is 6.62. The molecule has 0 fully saturated rings. The van der Waals surface area contributed by atoms with E-state index in [-0.39, 0.29) is 5.54 Å². The minimum atomic E-state index is -0.228. The van der Waals surface area contributed by atoms with Gasteiger partial charge in [0, 0.05) is 4.47 Å². The molecule has 0 amide bonds. The molecule has 2 nitrogen and oxygen atoms in total. The van der Waals surface area contributed by atoms with Gasteiger partial charge in [-0.3, -0.25) is 0 Å². The first-order valence-electron chi connectivity index (χ1n) is 4.27. The lowest BCUT2D eigenvalue weighted by Gasteiger charge is -2.31. The first kappa shape index (κ1) is 9.03. The van der Waals surface area contributed by atoms with Crippen LogP contribution in [0.15, 0.2) is 22.7 Å². The molecule has 70 valence electrons. The van der Waals surface area contributed by atoms with E-state index in [9.17, 15) is 0 Å². The Balaban J connectivity index is 2.38. The zero-order valence-corrected chi connectivity index (χ0v) is 9.10. The average Bonchev–Trinajstić information content (AvgIpc) is 2.01. The predicted molar refractivity (Wildman–Crippen MR) is 55.9 cm³/mol. The van der Waals surface area contributed by atoms with Gasteiger partial charge in [-0.05, 0) is 37.1 Å². The minimum absolute atomic E-state index is 0.228. The molecular weight excluding hydrogens is 230 g/mol. The second kappa shape index (κ2) is 3.00. The van der Waals surface area contributed by atoms with Gasteiger partial charge in [-0.15, -0.1) is 0 Å². The standard InChI is InChI=1S/C10H12BrNO/c1-10(12)5-7-4-8(11)2-3-9(7)13-6-10/h2-4H,5-6,12H2,1H3. The molecular formula is C10H12BrNO. The molecule has 1 atom stereocenters. The number of hydrogen-bond donors (Lipinski definition) is 1. The van der Waals surface area contributed by atoms with Crippen LogP contribution in [0.25, 0.3) is 0 Å². The first-order chi connectivity index (χ1) is 6.07. The maximum atomic E-state index is 6.00. The van der Waals surface area contributed by atoms with Gasteiger partial charge in [-0.1, -0.05) is 15.9 Å². The van der Waals surface area contributed by atoms with Crippen LogP contribution in [0, 0.1) is 0 Å². The van der Waals surface area contributed by atoms with Crippen molar-refractivity contribution in [1.29, 1.82) is 0 Å². The van der Waals surface area contributed by atoms with Gasteiger partial charge in [-0.2, -0.15) is 0 Å². The monoisotopic (exact) mass is 241 g/mol. The molecule has 2 N–H and O–H groups in total. The number of rotatable bonds is 0. The molecule has 0 radical (unpaired) electrons. The van der Waals surface area contributed by atoms with E-state index in [1.807, 2.05) is 19.1 Å². The first-order valence-corrected chi connectivity index (χ1v) is 5.06. The second-order valence-corrected chi connectivity index (χ2v) is 4.79. The molecule has 1 aliphatic heterocycles. The highest BCUT2D eigenvalue weighted by molar-refractivity contribution is 9.10. The number of ether oxygens (including phenoxy) is 1. The van der Waals surface area contributed by atoms with Gasteiger partial charge < -0.3 is 10.5 Å². The Kier molecular flexibility index (Phi) is 2.08. The van der Waals surface area contributed by atoms with Gasteiger partial charge in [0.15, 0.2) is 0 Å². The van der Waals surface area contributed by atoms with Gasteiger partial charge in [0.05, 0.1) is 5.54 Å². The van der Waals surface area contributed by atoms with Crippen LogP contribution in [0.1, 0.15) is 12.5 Å². The van der Waals surface area contributed by atoms with Gasteiger partial charge in [0.2, 0.25) is 0 Å². The summed E-state index contributed by atoms with van der Waals surface area (Å²) in [4.78, 5) is 0.